The highest BCUT2D eigenvalue weighted by molar-refractivity contribution is 4.83. The average Bonchev–Trinajstić information content (AvgIpc) is 2.34. The molecule has 1 aliphatic heterocycles. The highest BCUT2D eigenvalue weighted by Gasteiger charge is 2.30. The van der Waals surface area contributed by atoms with Gasteiger partial charge in [-0.1, -0.05) is 20.8 Å². The SMILES string of the molecule is CC1CCN(CC(C)(O)C(C)C)C1. The van der Waals surface area contributed by atoms with E-state index in [-0.39, 0.29) is 0 Å². The van der Waals surface area contributed by atoms with Crippen LogP contribution in [0.25, 0.3) is 0 Å². The van der Waals surface area contributed by atoms with Crippen LogP contribution < -0.4 is 0 Å². The summed E-state index contributed by atoms with van der Waals surface area (Å²) in [5, 5.41) is 10.1. The first-order valence-corrected chi connectivity index (χ1v) is 5.36. The average molecular weight is 185 g/mol. The van der Waals surface area contributed by atoms with Crippen LogP contribution in [0.4, 0.5) is 0 Å². The smallest absolute Gasteiger partial charge is 0.0768 e. The zero-order chi connectivity index (χ0) is 10.1. The minimum atomic E-state index is -0.524. The van der Waals surface area contributed by atoms with Gasteiger partial charge in [-0.05, 0) is 31.7 Å². The van der Waals surface area contributed by atoms with E-state index in [0.717, 1.165) is 25.6 Å². The van der Waals surface area contributed by atoms with Gasteiger partial charge in [-0.15, -0.1) is 0 Å². The lowest BCUT2D eigenvalue weighted by Crippen LogP contribution is -2.43. The number of β-amino-alcohol motifs (C(OH)–C–C–N with tert-alkyl or cyclic N) is 1. The van der Waals surface area contributed by atoms with Gasteiger partial charge >= 0.3 is 0 Å². The molecule has 2 heteroatoms. The van der Waals surface area contributed by atoms with Gasteiger partial charge < -0.3 is 10.0 Å². The monoisotopic (exact) mass is 185 g/mol. The normalized spacial score (nSPS) is 29.5. The molecule has 0 spiro atoms. The van der Waals surface area contributed by atoms with Crippen LogP contribution in [0.2, 0.25) is 0 Å². The third-order valence-corrected chi connectivity index (χ3v) is 3.30. The molecule has 1 fully saturated rings. The van der Waals surface area contributed by atoms with E-state index >= 15 is 0 Å². The Balaban J connectivity index is 2.40. The first-order valence-electron chi connectivity index (χ1n) is 5.36. The van der Waals surface area contributed by atoms with Crippen molar-refractivity contribution in [2.24, 2.45) is 11.8 Å². The fourth-order valence-corrected chi connectivity index (χ4v) is 1.81. The molecule has 78 valence electrons. The van der Waals surface area contributed by atoms with Gasteiger partial charge in [0.15, 0.2) is 0 Å². The Hall–Kier alpha value is -0.0800. The van der Waals surface area contributed by atoms with Crippen molar-refractivity contribution in [3.63, 3.8) is 0 Å². The third kappa shape index (κ3) is 2.96. The summed E-state index contributed by atoms with van der Waals surface area (Å²) in [6.45, 7) is 11.5. The largest absolute Gasteiger partial charge is 0.389 e. The third-order valence-electron chi connectivity index (χ3n) is 3.30. The van der Waals surface area contributed by atoms with Gasteiger partial charge in [0, 0.05) is 13.1 Å². The van der Waals surface area contributed by atoms with Crippen LogP contribution in [-0.2, 0) is 0 Å². The number of nitrogens with zero attached hydrogens (tertiary/aromatic N) is 1. The van der Waals surface area contributed by atoms with Crippen LogP contribution in [0.1, 0.15) is 34.1 Å². The predicted octanol–water partition coefficient (Wildman–Crippen LogP) is 1.74. The van der Waals surface area contributed by atoms with Gasteiger partial charge in [-0.2, -0.15) is 0 Å². The molecule has 13 heavy (non-hydrogen) atoms. The van der Waals surface area contributed by atoms with E-state index in [4.69, 9.17) is 0 Å². The molecule has 2 atom stereocenters. The fraction of sp³-hybridized carbons (Fsp3) is 1.00. The lowest BCUT2D eigenvalue weighted by molar-refractivity contribution is -0.0142. The summed E-state index contributed by atoms with van der Waals surface area (Å²) in [5.41, 5.74) is -0.524. The molecule has 1 saturated heterocycles. The topological polar surface area (TPSA) is 23.5 Å². The Morgan fingerprint density at radius 2 is 2.15 bits per heavy atom. The van der Waals surface area contributed by atoms with E-state index in [1.165, 1.54) is 6.42 Å². The maximum atomic E-state index is 10.1. The molecular weight excluding hydrogens is 162 g/mol. The molecule has 0 aromatic heterocycles. The van der Waals surface area contributed by atoms with Crippen molar-refractivity contribution in [3.05, 3.63) is 0 Å². The van der Waals surface area contributed by atoms with E-state index in [9.17, 15) is 5.11 Å². The summed E-state index contributed by atoms with van der Waals surface area (Å²) >= 11 is 0. The van der Waals surface area contributed by atoms with Crippen molar-refractivity contribution >= 4 is 0 Å². The van der Waals surface area contributed by atoms with E-state index in [0.29, 0.717) is 5.92 Å². The molecule has 1 N–H and O–H groups in total. The molecule has 0 aliphatic carbocycles. The van der Waals surface area contributed by atoms with E-state index in [1.807, 2.05) is 6.92 Å². The van der Waals surface area contributed by atoms with Crippen molar-refractivity contribution in [2.75, 3.05) is 19.6 Å². The zero-order valence-corrected chi connectivity index (χ0v) is 9.38. The second kappa shape index (κ2) is 3.97. The van der Waals surface area contributed by atoms with E-state index < -0.39 is 5.60 Å². The summed E-state index contributed by atoms with van der Waals surface area (Å²) in [6.07, 6.45) is 1.29. The number of aliphatic hydroxyl groups is 1. The molecule has 0 aromatic carbocycles. The van der Waals surface area contributed by atoms with Crippen LogP contribution >= 0.6 is 0 Å². The van der Waals surface area contributed by atoms with Gasteiger partial charge in [-0.25, -0.2) is 0 Å². The summed E-state index contributed by atoms with van der Waals surface area (Å²) in [6, 6.07) is 0. The molecule has 2 unspecified atom stereocenters. The lowest BCUT2D eigenvalue weighted by Gasteiger charge is -2.32. The van der Waals surface area contributed by atoms with Crippen molar-refractivity contribution in [3.8, 4) is 0 Å². The van der Waals surface area contributed by atoms with Crippen molar-refractivity contribution in [1.82, 2.24) is 4.90 Å². The van der Waals surface area contributed by atoms with Crippen molar-refractivity contribution in [2.45, 2.75) is 39.7 Å². The first-order chi connectivity index (χ1) is 5.92. The molecule has 1 heterocycles. The second-order valence-electron chi connectivity index (χ2n) is 5.14. The maximum absolute atomic E-state index is 10.1. The molecule has 0 aromatic rings. The zero-order valence-electron chi connectivity index (χ0n) is 9.38. The Morgan fingerprint density at radius 3 is 2.54 bits per heavy atom. The van der Waals surface area contributed by atoms with Gasteiger partial charge in [0.05, 0.1) is 5.60 Å². The molecule has 1 aliphatic rings. The minimum Gasteiger partial charge on any atom is -0.389 e. The Bertz CT molecular complexity index is 165. The van der Waals surface area contributed by atoms with Crippen LogP contribution in [0, 0.1) is 11.8 Å². The first kappa shape index (κ1) is 11.0. The van der Waals surface area contributed by atoms with Crippen LogP contribution in [0.3, 0.4) is 0 Å². The Morgan fingerprint density at radius 1 is 1.54 bits per heavy atom. The highest BCUT2D eigenvalue weighted by Crippen LogP contribution is 2.22. The fourth-order valence-electron chi connectivity index (χ4n) is 1.81. The number of hydrogen-bond acceptors (Lipinski definition) is 2. The minimum absolute atomic E-state index is 0.336. The summed E-state index contributed by atoms with van der Waals surface area (Å²) in [7, 11) is 0. The number of hydrogen-bond donors (Lipinski definition) is 1. The van der Waals surface area contributed by atoms with Crippen LogP contribution in [0.5, 0.6) is 0 Å². The van der Waals surface area contributed by atoms with Crippen molar-refractivity contribution < 1.29 is 5.11 Å². The van der Waals surface area contributed by atoms with Gasteiger partial charge in [0.1, 0.15) is 0 Å². The van der Waals surface area contributed by atoms with E-state index in [2.05, 4.69) is 25.7 Å². The number of rotatable bonds is 3. The Kier molecular flexibility index (Phi) is 3.36. The van der Waals surface area contributed by atoms with Crippen LogP contribution in [-0.4, -0.2) is 35.2 Å². The van der Waals surface area contributed by atoms with Crippen LogP contribution in [0.15, 0.2) is 0 Å². The van der Waals surface area contributed by atoms with Gasteiger partial charge in [0.25, 0.3) is 0 Å². The molecule has 1 rings (SSSR count). The molecule has 2 nitrogen and oxygen atoms in total. The molecule has 0 radical (unpaired) electrons. The predicted molar refractivity (Wildman–Crippen MR) is 55.7 cm³/mol. The maximum Gasteiger partial charge on any atom is 0.0768 e. The Labute approximate surface area is 81.9 Å². The molecule has 0 saturated carbocycles. The van der Waals surface area contributed by atoms with Gasteiger partial charge in [-0.3, -0.25) is 0 Å². The molecule has 0 amide bonds. The summed E-state index contributed by atoms with van der Waals surface area (Å²) in [4.78, 5) is 2.38. The highest BCUT2D eigenvalue weighted by atomic mass is 16.3. The molecule has 0 bridgehead atoms. The van der Waals surface area contributed by atoms with Gasteiger partial charge in [0.2, 0.25) is 0 Å². The summed E-state index contributed by atoms with van der Waals surface area (Å²) in [5.74, 6) is 1.14. The summed E-state index contributed by atoms with van der Waals surface area (Å²) < 4.78 is 0. The standard InChI is InChI=1S/C11H23NO/c1-9(2)11(4,13)8-12-6-5-10(3)7-12/h9-10,13H,5-8H2,1-4H3. The molecular formula is C11H23NO. The number of likely N-dealkylation sites (tertiary alicyclic amines) is 1. The van der Waals surface area contributed by atoms with E-state index in [1.54, 1.807) is 0 Å². The lowest BCUT2D eigenvalue weighted by atomic mass is 9.92. The second-order valence-corrected chi connectivity index (χ2v) is 5.14. The van der Waals surface area contributed by atoms with Crippen molar-refractivity contribution in [1.29, 1.82) is 0 Å². The quantitative estimate of drug-likeness (QED) is 0.724.